The summed E-state index contributed by atoms with van der Waals surface area (Å²) in [4.78, 5) is 29.6. The first-order valence-corrected chi connectivity index (χ1v) is 9.79. The summed E-state index contributed by atoms with van der Waals surface area (Å²) < 4.78 is 32.6. The fourth-order valence-corrected chi connectivity index (χ4v) is 4.50. The van der Waals surface area contributed by atoms with E-state index >= 15 is 0 Å². The van der Waals surface area contributed by atoms with Crippen LogP contribution in [0.25, 0.3) is 0 Å². The molecule has 0 aromatic carbocycles. The maximum Gasteiger partial charge on any atom is 0.405 e. The van der Waals surface area contributed by atoms with Crippen LogP contribution in [0.4, 0.5) is 4.79 Å². The molecule has 0 spiro atoms. The van der Waals surface area contributed by atoms with Gasteiger partial charge in [0.05, 0.1) is 11.9 Å². The normalized spacial score (nSPS) is 32.0. The Labute approximate surface area is 192 Å². The Kier molecular flexibility index (Phi) is 8.75. The van der Waals surface area contributed by atoms with Crippen LogP contribution in [-0.2, 0) is 61.7 Å². The van der Waals surface area contributed by atoms with Gasteiger partial charge in [0, 0.05) is 61.8 Å². The predicted octanol–water partition coefficient (Wildman–Crippen LogP) is -0.697. The van der Waals surface area contributed by atoms with Gasteiger partial charge in [0.15, 0.2) is 0 Å². The van der Waals surface area contributed by atoms with Crippen molar-refractivity contribution in [2.24, 2.45) is 10.9 Å². The predicted molar refractivity (Wildman–Crippen MR) is 91.8 cm³/mol. The fraction of sp³-hybridized carbons (Fsp3) is 0.600. The number of nitrogens with one attached hydrogen (secondary N) is 2. The van der Waals surface area contributed by atoms with Crippen LogP contribution in [0.5, 0.6) is 0 Å². The van der Waals surface area contributed by atoms with Gasteiger partial charge in [0.2, 0.25) is 15.9 Å². The van der Waals surface area contributed by atoms with Crippen LogP contribution in [0.15, 0.2) is 17.6 Å². The van der Waals surface area contributed by atoms with Gasteiger partial charge in [0.25, 0.3) is 0 Å². The molecule has 0 aromatic rings. The molecule has 0 radical (unpaired) electrons. The summed E-state index contributed by atoms with van der Waals surface area (Å²) in [7, 11) is -2.45. The van der Waals surface area contributed by atoms with Crippen LogP contribution in [0.1, 0.15) is 12.8 Å². The van der Waals surface area contributed by atoms with E-state index in [0.29, 0.717) is 12.8 Å². The van der Waals surface area contributed by atoms with Crippen LogP contribution in [-0.4, -0.2) is 73.9 Å². The third kappa shape index (κ3) is 5.59. The molecule has 13 heteroatoms. The maximum atomic E-state index is 12.8. The topological polar surface area (TPSA) is 137 Å². The largest absolute Gasteiger partial charge is 0.465 e. The minimum Gasteiger partial charge on any atom is -0.465 e. The molecule has 0 bridgehead atoms. The second-order valence-corrected chi connectivity index (χ2v) is 8.29. The Morgan fingerprint density at radius 3 is 2.71 bits per heavy atom. The number of ether oxygens (including phenoxy) is 1. The smallest absolute Gasteiger partial charge is 0.405 e. The molecule has 3 fully saturated rings. The quantitative estimate of drug-likeness (QED) is 0.257. The van der Waals surface area contributed by atoms with Gasteiger partial charge in [-0.3, -0.25) is 4.79 Å². The number of aliphatic imine (C=N–C) groups is 1. The average Bonchev–Trinajstić information content (AvgIpc) is 3.16. The van der Waals surface area contributed by atoms with Crippen molar-refractivity contribution >= 4 is 27.9 Å². The van der Waals surface area contributed by atoms with Crippen molar-refractivity contribution in [3.8, 4) is 0 Å². The second kappa shape index (κ2) is 9.74. The Balaban J connectivity index is 0.00000196. The molecule has 2 aliphatic heterocycles. The van der Waals surface area contributed by atoms with Gasteiger partial charge in [0.1, 0.15) is 6.04 Å². The van der Waals surface area contributed by atoms with E-state index in [1.807, 2.05) is 5.32 Å². The molecule has 4 unspecified atom stereocenters. The molecule has 10 nitrogen and oxygen atoms in total. The summed E-state index contributed by atoms with van der Waals surface area (Å²) in [5.74, 6) is -1.01. The van der Waals surface area contributed by atoms with Crippen LogP contribution in [0, 0.1) is 12.0 Å². The van der Waals surface area contributed by atoms with Crippen molar-refractivity contribution in [3.63, 3.8) is 0 Å². The average molecular weight is 753 g/mol. The van der Waals surface area contributed by atoms with Gasteiger partial charge >= 0.3 is 6.09 Å². The summed E-state index contributed by atoms with van der Waals surface area (Å²) in [5.41, 5.74) is 0. The number of rotatable bonds is 4. The van der Waals surface area contributed by atoms with Crippen molar-refractivity contribution in [2.45, 2.75) is 31.0 Å². The number of amidine groups is 1. The maximum absolute atomic E-state index is 12.8. The van der Waals surface area contributed by atoms with E-state index in [1.165, 1.54) is 12.0 Å². The molecule has 3 aliphatic rings. The summed E-state index contributed by atoms with van der Waals surface area (Å²) in [5, 5.41) is 10.9. The molecule has 0 aromatic heterocycles. The third-order valence-electron chi connectivity index (χ3n) is 4.68. The van der Waals surface area contributed by atoms with E-state index in [4.69, 9.17) is 9.84 Å². The van der Waals surface area contributed by atoms with E-state index in [0.717, 1.165) is 6.04 Å². The molecule has 156 valence electrons. The van der Waals surface area contributed by atoms with Gasteiger partial charge in [-0.2, -0.15) is 0 Å². The first-order valence-electron chi connectivity index (χ1n) is 8.14. The third-order valence-corrected chi connectivity index (χ3v) is 5.97. The minimum atomic E-state index is -3.96. The number of sulfonamides is 1. The number of methoxy groups -OCH3 is 1. The van der Waals surface area contributed by atoms with Crippen molar-refractivity contribution in [1.82, 2.24) is 14.9 Å². The first kappa shape index (κ1) is 25.1. The zero-order valence-electron chi connectivity index (χ0n) is 15.0. The van der Waals surface area contributed by atoms with Crippen LogP contribution >= 0.6 is 0 Å². The van der Waals surface area contributed by atoms with Crippen LogP contribution in [0.2, 0.25) is 0 Å². The zero-order chi connectivity index (χ0) is 19.1. The summed E-state index contributed by atoms with van der Waals surface area (Å²) in [6, 6.07) is -1.22. The van der Waals surface area contributed by atoms with E-state index in [2.05, 4.69) is 16.3 Å². The number of hydrogen-bond acceptors (Lipinski definition) is 6. The summed E-state index contributed by atoms with van der Waals surface area (Å²) in [6.45, 7) is 3.93. The van der Waals surface area contributed by atoms with Gasteiger partial charge < -0.3 is 29.8 Å². The number of fused-ring (bicyclic) bond motifs is 1. The fourth-order valence-electron chi connectivity index (χ4n) is 3.25. The van der Waals surface area contributed by atoms with Gasteiger partial charge in [-0.05, 0) is 12.3 Å². The molecule has 2 amide bonds. The number of carbonyl (C=O) groups is 2. The van der Waals surface area contributed by atoms with Gasteiger partial charge in [-0.25, -0.2) is 13.2 Å². The molecule has 2 saturated heterocycles. The Morgan fingerprint density at radius 2 is 2.18 bits per heavy atom. The number of amides is 2. The molecule has 4 atom stereocenters. The van der Waals surface area contributed by atoms with E-state index in [9.17, 15) is 18.0 Å². The molecule has 1 saturated carbocycles. The van der Waals surface area contributed by atoms with Crippen molar-refractivity contribution < 1.29 is 70.0 Å². The standard InChI is InChI=1S/C15H21N4O6S.2W/c1-3-8-4-10(8)16-13-12-5-9(25-2)6-19(12)14(20)11(17-15(21)22)7-26(23,24)18-13;;/h3,8-9,11-12,17H,1,4-7H2,2H3,(H,16,18)(H,21,22);;/q-1;;. The molecule has 2 heterocycles. The van der Waals surface area contributed by atoms with E-state index < -0.39 is 39.9 Å². The van der Waals surface area contributed by atoms with Crippen molar-refractivity contribution in [2.75, 3.05) is 19.4 Å². The number of hydrogen-bond donors (Lipinski definition) is 3. The SMILES string of the molecule is C=CC1C[C-]1N=C1NS(=O)(=O)CC(NC(=O)O)C(=O)N2CC(OC)CC12.[W].[W]. The second-order valence-electron chi connectivity index (χ2n) is 6.52. The van der Waals surface area contributed by atoms with Crippen LogP contribution < -0.4 is 10.0 Å². The molecule has 28 heavy (non-hydrogen) atoms. The number of carbonyl (C=O) groups excluding carboxylic acids is 1. The first-order chi connectivity index (χ1) is 12.2. The molecule has 3 rings (SSSR count). The van der Waals surface area contributed by atoms with Crippen LogP contribution in [0.3, 0.4) is 0 Å². The van der Waals surface area contributed by atoms with Crippen molar-refractivity contribution in [1.29, 1.82) is 0 Å². The minimum absolute atomic E-state index is 0. The molecule has 3 N–H and O–H groups in total. The number of nitrogens with zero attached hydrogens (tertiary/aromatic N) is 2. The molecular weight excluding hydrogens is 732 g/mol. The monoisotopic (exact) mass is 753 g/mol. The zero-order valence-corrected chi connectivity index (χ0v) is 21.7. The van der Waals surface area contributed by atoms with Crippen molar-refractivity contribution in [3.05, 3.63) is 18.7 Å². The molecule has 1 aliphatic carbocycles. The number of carboxylic acid groups (broad SMARTS) is 1. The summed E-state index contributed by atoms with van der Waals surface area (Å²) >= 11 is 0. The van der Waals surface area contributed by atoms with Gasteiger partial charge in [-0.1, -0.05) is 12.3 Å². The van der Waals surface area contributed by atoms with E-state index in [1.54, 1.807) is 6.08 Å². The Morgan fingerprint density at radius 1 is 1.50 bits per heavy atom. The Hall–Kier alpha value is -0.893. The molecular formula is C15H21N4O6SW2-. The summed E-state index contributed by atoms with van der Waals surface area (Å²) in [6.07, 6.45) is 1.05. The Bertz CT molecular complexity index is 762. The van der Waals surface area contributed by atoms with E-state index in [-0.39, 0.29) is 66.5 Å². The van der Waals surface area contributed by atoms with Gasteiger partial charge in [-0.15, -0.1) is 18.7 Å².